The van der Waals surface area contributed by atoms with Crippen molar-refractivity contribution in [1.29, 1.82) is 0 Å². The number of nitrogens with zero attached hydrogens (tertiary/aromatic N) is 1. The normalized spacial score (nSPS) is 17.7. The van der Waals surface area contributed by atoms with E-state index in [0.29, 0.717) is 0 Å². The lowest BCUT2D eigenvalue weighted by molar-refractivity contribution is -0.130. The highest BCUT2D eigenvalue weighted by atomic mass is 79.9. The minimum absolute atomic E-state index is 0.273. The zero-order valence-electron chi connectivity index (χ0n) is 4.62. The van der Waals surface area contributed by atoms with Crippen LogP contribution in [-0.2, 0) is 9.59 Å². The Hall–Kier alpha value is 0.270. The van der Waals surface area contributed by atoms with Crippen molar-refractivity contribution in [2.75, 3.05) is 0 Å². The lowest BCUT2D eigenvalue weighted by Crippen LogP contribution is -2.20. The molecule has 1 aliphatic heterocycles. The molecule has 1 rings (SSSR count). The van der Waals surface area contributed by atoms with Gasteiger partial charge in [-0.25, -0.2) is 4.67 Å². The molecule has 0 aromatic rings. The Kier molecular flexibility index (Phi) is 2.61. The zero-order chi connectivity index (χ0) is 7.72. The number of imide groups is 1. The van der Waals surface area contributed by atoms with Crippen LogP contribution in [-0.4, -0.2) is 16.5 Å². The van der Waals surface area contributed by atoms with E-state index in [-0.39, 0.29) is 11.8 Å². The Balaban J connectivity index is 2.79. The quantitative estimate of drug-likeness (QED) is 0.546. The SMILES string of the molecule is O=C1C=CC(=O)N1P(Br)Br. The summed E-state index contributed by atoms with van der Waals surface area (Å²) in [4.78, 5) is 21.6. The molecular weight excluding hydrogens is 285 g/mol. The molecule has 54 valence electrons. The van der Waals surface area contributed by atoms with Gasteiger partial charge in [-0.1, -0.05) is 0 Å². The molecule has 0 aromatic carbocycles. The maximum atomic E-state index is 10.8. The topological polar surface area (TPSA) is 37.4 Å². The first-order valence-corrected chi connectivity index (χ1v) is 7.64. The molecule has 3 nitrogen and oxygen atoms in total. The molecule has 0 unspecified atom stereocenters. The summed E-state index contributed by atoms with van der Waals surface area (Å²) in [6.07, 6.45) is 2.50. The average Bonchev–Trinajstić information content (AvgIpc) is 2.11. The number of carbonyl (C=O) groups excluding carboxylic acids is 2. The molecular formula is C4H2Br2NO2P. The summed E-state index contributed by atoms with van der Waals surface area (Å²) in [5.41, 5.74) is -0.984. The fraction of sp³-hybridized carbons (Fsp3) is 0. The molecule has 0 spiro atoms. The van der Waals surface area contributed by atoms with Crippen LogP contribution in [0.2, 0.25) is 0 Å². The van der Waals surface area contributed by atoms with Crippen molar-refractivity contribution in [1.82, 2.24) is 4.67 Å². The molecule has 0 bridgehead atoms. The van der Waals surface area contributed by atoms with E-state index in [2.05, 4.69) is 31.0 Å². The van der Waals surface area contributed by atoms with Gasteiger partial charge in [0.2, 0.25) is 0 Å². The lowest BCUT2D eigenvalue weighted by Gasteiger charge is -2.12. The van der Waals surface area contributed by atoms with E-state index in [1.165, 1.54) is 12.2 Å². The van der Waals surface area contributed by atoms with Gasteiger partial charge in [-0.05, 0) is 31.0 Å². The van der Waals surface area contributed by atoms with Gasteiger partial charge >= 0.3 is 0 Å². The molecule has 0 aliphatic carbocycles. The zero-order valence-corrected chi connectivity index (χ0v) is 8.69. The average molecular weight is 287 g/mol. The maximum Gasteiger partial charge on any atom is 0.258 e. The van der Waals surface area contributed by atoms with Gasteiger partial charge in [0.05, 0.1) is 0 Å². The van der Waals surface area contributed by atoms with Crippen LogP contribution in [0.5, 0.6) is 0 Å². The van der Waals surface area contributed by atoms with Crippen molar-refractivity contribution in [2.45, 2.75) is 0 Å². The molecule has 0 radical (unpaired) electrons. The number of carbonyl (C=O) groups is 2. The molecule has 0 atom stereocenters. The molecule has 0 fully saturated rings. The van der Waals surface area contributed by atoms with Crippen molar-refractivity contribution in [3.8, 4) is 0 Å². The van der Waals surface area contributed by atoms with Gasteiger partial charge in [0.15, 0.2) is 0 Å². The third-order valence-corrected chi connectivity index (χ3v) is 3.54. The molecule has 0 aromatic heterocycles. The van der Waals surface area contributed by atoms with Crippen LogP contribution in [0.4, 0.5) is 0 Å². The van der Waals surface area contributed by atoms with E-state index in [9.17, 15) is 9.59 Å². The van der Waals surface area contributed by atoms with Crippen molar-refractivity contribution in [3.63, 3.8) is 0 Å². The van der Waals surface area contributed by atoms with Crippen molar-refractivity contribution in [2.24, 2.45) is 0 Å². The maximum absolute atomic E-state index is 10.8. The summed E-state index contributed by atoms with van der Waals surface area (Å²) in [5.74, 6) is -0.547. The van der Waals surface area contributed by atoms with Gasteiger partial charge in [0.25, 0.3) is 11.8 Å². The molecule has 1 aliphatic rings. The fourth-order valence-corrected chi connectivity index (χ4v) is 2.85. The highest BCUT2D eigenvalue weighted by molar-refractivity contribution is 9.69. The van der Waals surface area contributed by atoms with Gasteiger partial charge < -0.3 is 0 Å². The first-order valence-electron chi connectivity index (χ1n) is 2.30. The highest BCUT2D eigenvalue weighted by Gasteiger charge is 2.28. The molecule has 2 amide bonds. The minimum atomic E-state index is -0.984. The second-order valence-electron chi connectivity index (χ2n) is 1.54. The minimum Gasteiger partial charge on any atom is -0.269 e. The second-order valence-corrected chi connectivity index (χ2v) is 9.25. The second kappa shape index (κ2) is 3.11. The predicted molar refractivity (Wildman–Crippen MR) is 45.8 cm³/mol. The number of halogens is 2. The number of hydrogen-bond acceptors (Lipinski definition) is 2. The first kappa shape index (κ1) is 8.37. The number of amides is 2. The predicted octanol–water partition coefficient (Wildman–Crippen LogP) is 1.93. The van der Waals surface area contributed by atoms with Crippen molar-refractivity contribution < 1.29 is 9.59 Å². The van der Waals surface area contributed by atoms with Crippen LogP contribution in [0.1, 0.15) is 0 Å². The lowest BCUT2D eigenvalue weighted by atomic mass is 10.6. The summed E-state index contributed by atoms with van der Waals surface area (Å²) in [7, 11) is 0. The van der Waals surface area contributed by atoms with Gasteiger partial charge in [0, 0.05) is 12.2 Å². The Labute approximate surface area is 74.7 Å². The van der Waals surface area contributed by atoms with Crippen molar-refractivity contribution >= 4 is 48.3 Å². The monoisotopic (exact) mass is 285 g/mol. The highest BCUT2D eigenvalue weighted by Crippen LogP contribution is 2.56. The van der Waals surface area contributed by atoms with Crippen LogP contribution in [0.3, 0.4) is 0 Å². The molecule has 0 N–H and O–H groups in total. The number of rotatable bonds is 1. The molecule has 0 saturated carbocycles. The summed E-state index contributed by atoms with van der Waals surface area (Å²) in [6, 6.07) is 0. The molecule has 0 saturated heterocycles. The Morgan fingerprint density at radius 2 is 1.60 bits per heavy atom. The summed E-state index contributed by atoms with van der Waals surface area (Å²) >= 11 is 6.22. The van der Waals surface area contributed by atoms with Gasteiger partial charge in [-0.2, -0.15) is 0 Å². The first-order chi connectivity index (χ1) is 4.63. The Morgan fingerprint density at radius 1 is 1.20 bits per heavy atom. The van der Waals surface area contributed by atoms with Gasteiger partial charge in [-0.15, -0.1) is 0 Å². The van der Waals surface area contributed by atoms with Crippen LogP contribution in [0, 0.1) is 0 Å². The fourth-order valence-electron chi connectivity index (χ4n) is 0.541. The molecule has 1 heterocycles. The van der Waals surface area contributed by atoms with E-state index in [0.717, 1.165) is 4.67 Å². The molecule has 10 heavy (non-hydrogen) atoms. The standard InChI is InChI=1S/C4H2Br2NO2P/c5-10(6)7-3(8)1-2-4(7)9/h1-2H. The third-order valence-electron chi connectivity index (χ3n) is 0.937. The van der Waals surface area contributed by atoms with Crippen LogP contribution in [0.25, 0.3) is 0 Å². The number of hydrogen-bond donors (Lipinski definition) is 0. The Morgan fingerprint density at radius 3 is 1.80 bits per heavy atom. The third kappa shape index (κ3) is 1.47. The largest absolute Gasteiger partial charge is 0.269 e. The van der Waals surface area contributed by atoms with E-state index in [4.69, 9.17) is 0 Å². The van der Waals surface area contributed by atoms with Gasteiger partial charge in [-0.3, -0.25) is 9.59 Å². The smallest absolute Gasteiger partial charge is 0.258 e. The van der Waals surface area contributed by atoms with E-state index in [1.54, 1.807) is 0 Å². The van der Waals surface area contributed by atoms with E-state index < -0.39 is 5.48 Å². The van der Waals surface area contributed by atoms with E-state index >= 15 is 0 Å². The summed E-state index contributed by atoms with van der Waals surface area (Å²) < 4.78 is 1.12. The molecule has 6 heteroatoms. The van der Waals surface area contributed by atoms with Gasteiger partial charge in [0.1, 0.15) is 5.48 Å². The van der Waals surface area contributed by atoms with Crippen LogP contribution < -0.4 is 0 Å². The summed E-state index contributed by atoms with van der Waals surface area (Å²) in [6.45, 7) is 0. The van der Waals surface area contributed by atoms with Crippen LogP contribution >= 0.6 is 36.5 Å². The Bertz CT molecular complexity index is 197. The summed E-state index contributed by atoms with van der Waals surface area (Å²) in [5, 5.41) is 0. The van der Waals surface area contributed by atoms with Crippen molar-refractivity contribution in [3.05, 3.63) is 12.2 Å². The van der Waals surface area contributed by atoms with E-state index in [1.807, 2.05) is 0 Å². The van der Waals surface area contributed by atoms with Crippen LogP contribution in [0.15, 0.2) is 12.2 Å².